The first-order valence-corrected chi connectivity index (χ1v) is 12.8. The number of hydrogen-bond donors (Lipinski definition) is 1. The first-order chi connectivity index (χ1) is 16.7. The van der Waals surface area contributed by atoms with Gasteiger partial charge < -0.3 is 15.0 Å². The van der Waals surface area contributed by atoms with Gasteiger partial charge in [0.15, 0.2) is 0 Å². The number of hydrogen-bond acceptors (Lipinski definition) is 6. The average molecular weight is 484 g/mol. The number of amides is 3. The van der Waals surface area contributed by atoms with E-state index in [1.54, 1.807) is 21.2 Å². The molecule has 3 heterocycles. The molecular weight excluding hydrogens is 450 g/mol. The molecule has 4 rings (SSSR count). The highest BCUT2D eigenvalue weighted by atomic mass is 32.1. The van der Waals surface area contributed by atoms with Crippen LogP contribution in [0.4, 0.5) is 4.79 Å². The van der Waals surface area contributed by atoms with Crippen LogP contribution >= 0.6 is 11.3 Å². The number of carbonyl (C=O) groups is 2. The van der Waals surface area contributed by atoms with E-state index in [0.717, 1.165) is 35.7 Å². The van der Waals surface area contributed by atoms with Crippen LogP contribution in [0.3, 0.4) is 0 Å². The molecule has 8 nitrogen and oxygen atoms in total. The van der Waals surface area contributed by atoms with Crippen molar-refractivity contribution in [3.05, 3.63) is 58.3 Å². The molecule has 182 valence electrons. The first kappa shape index (κ1) is 24.4. The molecule has 1 atom stereocenters. The molecule has 2 aromatic rings. The van der Waals surface area contributed by atoms with Gasteiger partial charge in [-0.05, 0) is 23.4 Å². The van der Waals surface area contributed by atoms with Crippen LogP contribution in [0.25, 0.3) is 0 Å². The number of benzene rings is 1. The Morgan fingerprint density at radius 3 is 2.68 bits per heavy atom. The van der Waals surface area contributed by atoms with E-state index in [9.17, 15) is 9.59 Å². The van der Waals surface area contributed by atoms with Crippen molar-refractivity contribution in [2.75, 3.05) is 52.5 Å². The predicted octanol–water partition coefficient (Wildman–Crippen LogP) is 3.18. The van der Waals surface area contributed by atoms with Crippen molar-refractivity contribution in [3.8, 4) is 0 Å². The third-order valence-corrected chi connectivity index (χ3v) is 7.00. The van der Waals surface area contributed by atoms with Crippen LogP contribution in [-0.2, 0) is 9.53 Å². The zero-order chi connectivity index (χ0) is 23.8. The molecule has 1 fully saturated rings. The van der Waals surface area contributed by atoms with Crippen molar-refractivity contribution in [2.24, 2.45) is 5.10 Å². The highest BCUT2D eigenvalue weighted by molar-refractivity contribution is 7.12. The number of urea groups is 1. The molecule has 2 aliphatic rings. The summed E-state index contributed by atoms with van der Waals surface area (Å²) >= 11 is 1.62. The van der Waals surface area contributed by atoms with E-state index < -0.39 is 0 Å². The molecule has 34 heavy (non-hydrogen) atoms. The number of nitrogens with one attached hydrogen (secondary N) is 1. The van der Waals surface area contributed by atoms with E-state index in [4.69, 9.17) is 9.84 Å². The Balaban J connectivity index is 1.50. The van der Waals surface area contributed by atoms with Crippen LogP contribution in [0.5, 0.6) is 0 Å². The van der Waals surface area contributed by atoms with Crippen molar-refractivity contribution >= 4 is 29.0 Å². The highest BCUT2D eigenvalue weighted by Crippen LogP contribution is 2.33. The van der Waals surface area contributed by atoms with Crippen LogP contribution in [-0.4, -0.2) is 84.9 Å². The molecule has 0 aliphatic carbocycles. The summed E-state index contributed by atoms with van der Waals surface area (Å²) in [6.07, 6.45) is 1.50. The van der Waals surface area contributed by atoms with Crippen molar-refractivity contribution in [1.82, 2.24) is 20.1 Å². The maximum Gasteiger partial charge on any atom is 0.317 e. The first-order valence-electron chi connectivity index (χ1n) is 12.0. The average Bonchev–Trinajstić information content (AvgIpc) is 3.56. The summed E-state index contributed by atoms with van der Waals surface area (Å²) in [4.78, 5) is 31.4. The van der Waals surface area contributed by atoms with Gasteiger partial charge in [-0.15, -0.1) is 11.3 Å². The van der Waals surface area contributed by atoms with Gasteiger partial charge in [0.05, 0.1) is 29.8 Å². The Bertz CT molecular complexity index is 960. The third kappa shape index (κ3) is 6.22. The van der Waals surface area contributed by atoms with Crippen LogP contribution in [0.1, 0.15) is 36.2 Å². The van der Waals surface area contributed by atoms with Gasteiger partial charge in [-0.2, -0.15) is 5.10 Å². The lowest BCUT2D eigenvalue weighted by atomic mass is 10.0. The van der Waals surface area contributed by atoms with E-state index >= 15 is 0 Å². The van der Waals surface area contributed by atoms with Gasteiger partial charge in [-0.3, -0.25) is 9.69 Å². The van der Waals surface area contributed by atoms with Crippen molar-refractivity contribution in [1.29, 1.82) is 0 Å². The van der Waals surface area contributed by atoms with Gasteiger partial charge in [0, 0.05) is 39.1 Å². The van der Waals surface area contributed by atoms with Gasteiger partial charge in [-0.25, -0.2) is 9.80 Å². The fourth-order valence-electron chi connectivity index (χ4n) is 4.19. The summed E-state index contributed by atoms with van der Waals surface area (Å²) in [7, 11) is 0. The second-order valence-corrected chi connectivity index (χ2v) is 9.45. The zero-order valence-corrected chi connectivity index (χ0v) is 20.5. The van der Waals surface area contributed by atoms with Crippen molar-refractivity contribution in [2.45, 2.75) is 25.8 Å². The van der Waals surface area contributed by atoms with E-state index in [1.807, 2.05) is 54.8 Å². The highest BCUT2D eigenvalue weighted by Gasteiger charge is 2.34. The van der Waals surface area contributed by atoms with Crippen LogP contribution < -0.4 is 5.32 Å². The second-order valence-electron chi connectivity index (χ2n) is 8.50. The molecule has 1 aromatic heterocycles. The van der Waals surface area contributed by atoms with Crippen LogP contribution in [0.2, 0.25) is 0 Å². The molecule has 9 heteroatoms. The minimum absolute atomic E-state index is 0.00948. The number of thiophene rings is 1. The largest absolute Gasteiger partial charge is 0.379 e. The predicted molar refractivity (Wildman–Crippen MR) is 134 cm³/mol. The second kappa shape index (κ2) is 12.1. The number of nitrogens with zero attached hydrogens (tertiary/aromatic N) is 4. The Morgan fingerprint density at radius 2 is 1.97 bits per heavy atom. The summed E-state index contributed by atoms with van der Waals surface area (Å²) in [5, 5.41) is 11.3. The lowest BCUT2D eigenvalue weighted by Gasteiger charge is -2.31. The molecule has 3 amide bonds. The molecule has 1 N–H and O–H groups in total. The Labute approximate surface area is 205 Å². The molecule has 0 spiro atoms. The van der Waals surface area contributed by atoms with Gasteiger partial charge >= 0.3 is 6.03 Å². The fourth-order valence-corrected chi connectivity index (χ4v) is 4.91. The topological polar surface area (TPSA) is 77.5 Å². The Morgan fingerprint density at radius 1 is 1.18 bits per heavy atom. The monoisotopic (exact) mass is 483 g/mol. The molecule has 0 unspecified atom stereocenters. The number of ether oxygens (including phenoxy) is 1. The fraction of sp³-hybridized carbons (Fsp3) is 0.480. The normalized spacial score (nSPS) is 18.6. The van der Waals surface area contributed by atoms with E-state index in [1.165, 1.54) is 0 Å². The van der Waals surface area contributed by atoms with Gasteiger partial charge in [0.25, 0.3) is 5.91 Å². The van der Waals surface area contributed by atoms with Gasteiger partial charge in [-0.1, -0.05) is 43.3 Å². The summed E-state index contributed by atoms with van der Waals surface area (Å²) in [6, 6.07) is 13.6. The van der Waals surface area contributed by atoms with E-state index in [-0.39, 0.29) is 24.5 Å². The zero-order valence-electron chi connectivity index (χ0n) is 19.7. The molecule has 0 radical (unpaired) electrons. The van der Waals surface area contributed by atoms with E-state index in [0.29, 0.717) is 39.3 Å². The lowest BCUT2D eigenvalue weighted by molar-refractivity contribution is -0.133. The molecule has 0 saturated carbocycles. The molecule has 1 aromatic carbocycles. The minimum Gasteiger partial charge on any atom is -0.379 e. The molecule has 1 saturated heterocycles. The van der Waals surface area contributed by atoms with Gasteiger partial charge in [0.2, 0.25) is 0 Å². The maximum atomic E-state index is 13.6. The summed E-state index contributed by atoms with van der Waals surface area (Å²) in [5.41, 5.74) is 1.95. The standard InChI is InChI=1S/C25H33N5O3S/c1-2-10-26-25(32)29(12-11-28-13-15-33-16-14-28)19-24(31)30-22(20-7-4-3-5-8-20)18-21(27-30)23-9-6-17-34-23/h3-9,17,22H,2,10-16,18-19H2,1H3,(H,26,32)/t22-/m1/s1. The van der Waals surface area contributed by atoms with Crippen LogP contribution in [0, 0.1) is 0 Å². The molecular formula is C25H33N5O3S. The maximum absolute atomic E-state index is 13.6. The van der Waals surface area contributed by atoms with Crippen molar-refractivity contribution < 1.29 is 14.3 Å². The SMILES string of the molecule is CCCNC(=O)N(CCN1CCOCC1)CC(=O)N1N=C(c2cccs2)C[C@@H]1c1ccccc1. The lowest BCUT2D eigenvalue weighted by Crippen LogP contribution is -2.49. The third-order valence-electron chi connectivity index (χ3n) is 6.09. The van der Waals surface area contributed by atoms with Gasteiger partial charge in [0.1, 0.15) is 6.54 Å². The number of morpholine rings is 1. The summed E-state index contributed by atoms with van der Waals surface area (Å²) in [6.45, 7) is 6.86. The smallest absolute Gasteiger partial charge is 0.317 e. The minimum atomic E-state index is -0.207. The number of carbonyl (C=O) groups excluding carboxylic acids is 2. The quantitative estimate of drug-likeness (QED) is 0.594. The Hall–Kier alpha value is -2.75. The molecule has 2 aliphatic heterocycles. The summed E-state index contributed by atoms with van der Waals surface area (Å²) < 4.78 is 5.42. The molecule has 0 bridgehead atoms. The van der Waals surface area contributed by atoms with E-state index in [2.05, 4.69) is 10.2 Å². The van der Waals surface area contributed by atoms with Crippen molar-refractivity contribution in [3.63, 3.8) is 0 Å². The number of rotatable bonds is 9. The summed E-state index contributed by atoms with van der Waals surface area (Å²) in [5.74, 6) is -0.172. The van der Waals surface area contributed by atoms with Crippen LogP contribution in [0.15, 0.2) is 52.9 Å². The Kier molecular flexibility index (Phi) is 8.67. The number of hydrazone groups is 1.